The molecule has 0 spiro atoms. The Balaban J connectivity index is 1.99. The molecule has 1 heterocycles. The minimum Gasteiger partial charge on any atom is -0.351 e. The first kappa shape index (κ1) is 14.1. The van der Waals surface area contributed by atoms with Gasteiger partial charge in [-0.2, -0.15) is 0 Å². The smallest absolute Gasteiger partial charge is 0.261 e. The number of fused-ring (bicyclic) bond motifs is 1. The van der Waals surface area contributed by atoms with Crippen molar-refractivity contribution in [3.05, 3.63) is 34.7 Å². The van der Waals surface area contributed by atoms with E-state index in [1.807, 2.05) is 19.1 Å². The van der Waals surface area contributed by atoms with Gasteiger partial charge in [0, 0.05) is 11.2 Å². The quantitative estimate of drug-likeness (QED) is 0.772. The maximum atomic E-state index is 12.2. The maximum absolute atomic E-state index is 12.2. The first-order valence-corrected chi connectivity index (χ1v) is 7.82. The number of benzene rings is 1. The van der Waals surface area contributed by atoms with Crippen molar-refractivity contribution in [2.45, 2.75) is 39.5 Å². The van der Waals surface area contributed by atoms with E-state index in [4.69, 9.17) is 0 Å². The van der Waals surface area contributed by atoms with E-state index in [2.05, 4.69) is 24.4 Å². The topological polar surface area (TPSA) is 29.1 Å². The van der Waals surface area contributed by atoms with Crippen molar-refractivity contribution in [3.63, 3.8) is 0 Å². The van der Waals surface area contributed by atoms with Crippen LogP contribution in [0.25, 0.3) is 10.1 Å². The molecule has 0 aliphatic carbocycles. The van der Waals surface area contributed by atoms with Gasteiger partial charge in [-0.25, -0.2) is 0 Å². The molecular weight excluding hydrogens is 254 g/mol. The van der Waals surface area contributed by atoms with Gasteiger partial charge < -0.3 is 5.32 Å². The summed E-state index contributed by atoms with van der Waals surface area (Å²) in [6, 6.07) is 8.20. The van der Waals surface area contributed by atoms with Gasteiger partial charge in [-0.3, -0.25) is 4.79 Å². The Kier molecular flexibility index (Phi) is 4.97. The van der Waals surface area contributed by atoms with Crippen LogP contribution < -0.4 is 5.32 Å². The summed E-state index contributed by atoms with van der Waals surface area (Å²) in [7, 11) is 0. The fraction of sp³-hybridized carbons (Fsp3) is 0.438. The van der Waals surface area contributed by atoms with E-state index >= 15 is 0 Å². The van der Waals surface area contributed by atoms with Gasteiger partial charge in [0.1, 0.15) is 0 Å². The van der Waals surface area contributed by atoms with Gasteiger partial charge in [-0.1, -0.05) is 44.4 Å². The summed E-state index contributed by atoms with van der Waals surface area (Å²) in [4.78, 5) is 13.0. The molecule has 0 radical (unpaired) electrons. The highest BCUT2D eigenvalue weighted by Gasteiger charge is 2.14. The largest absolute Gasteiger partial charge is 0.351 e. The minimum absolute atomic E-state index is 0.0789. The average molecular weight is 275 g/mol. The summed E-state index contributed by atoms with van der Waals surface area (Å²) in [5.41, 5.74) is 1.10. The summed E-state index contributed by atoms with van der Waals surface area (Å²) in [6.45, 7) is 5.01. The highest BCUT2D eigenvalue weighted by atomic mass is 32.1. The van der Waals surface area contributed by atoms with Gasteiger partial charge in [-0.05, 0) is 30.4 Å². The van der Waals surface area contributed by atoms with E-state index in [9.17, 15) is 4.79 Å². The van der Waals surface area contributed by atoms with Crippen LogP contribution >= 0.6 is 11.3 Å². The van der Waals surface area contributed by atoms with Crippen molar-refractivity contribution < 1.29 is 4.79 Å². The Morgan fingerprint density at radius 3 is 2.74 bits per heavy atom. The summed E-state index contributed by atoms with van der Waals surface area (Å²) in [6.07, 6.45) is 4.74. The third-order valence-electron chi connectivity index (χ3n) is 3.37. The fourth-order valence-corrected chi connectivity index (χ4v) is 3.35. The van der Waals surface area contributed by atoms with Crippen LogP contribution in [-0.2, 0) is 0 Å². The molecule has 102 valence electrons. The second-order valence-electron chi connectivity index (χ2n) is 4.87. The number of carbonyl (C=O) groups is 1. The van der Waals surface area contributed by atoms with E-state index in [1.165, 1.54) is 29.3 Å². The molecule has 1 aromatic heterocycles. The number of hydrogen-bond donors (Lipinski definition) is 1. The third-order valence-corrected chi connectivity index (χ3v) is 4.64. The number of thiophene rings is 1. The number of aryl methyl sites for hydroxylation is 1. The summed E-state index contributed by atoms with van der Waals surface area (Å²) < 4.78 is 1.19. The van der Waals surface area contributed by atoms with E-state index in [0.717, 1.165) is 23.4 Å². The van der Waals surface area contributed by atoms with Crippen molar-refractivity contribution >= 4 is 27.3 Å². The Morgan fingerprint density at radius 1 is 1.21 bits per heavy atom. The number of amides is 1. The average Bonchev–Trinajstić information content (AvgIpc) is 2.76. The van der Waals surface area contributed by atoms with Gasteiger partial charge in [0.15, 0.2) is 0 Å². The van der Waals surface area contributed by atoms with E-state index in [1.54, 1.807) is 11.3 Å². The number of rotatable bonds is 6. The van der Waals surface area contributed by atoms with Crippen molar-refractivity contribution in [1.29, 1.82) is 0 Å². The minimum atomic E-state index is 0.0789. The standard InChI is InChI=1S/C16H21NOS/c1-3-4-5-8-11-17-16(18)15-12(2)13-9-6-7-10-14(13)19-15/h6-7,9-10H,3-5,8,11H2,1-2H3,(H,17,18). The Labute approximate surface area is 118 Å². The molecule has 0 saturated carbocycles. The normalized spacial score (nSPS) is 10.8. The Hall–Kier alpha value is -1.35. The zero-order valence-electron chi connectivity index (χ0n) is 11.7. The van der Waals surface area contributed by atoms with Crippen LogP contribution in [0.2, 0.25) is 0 Å². The molecule has 1 aromatic carbocycles. The summed E-state index contributed by atoms with van der Waals surface area (Å²) in [5, 5.41) is 4.23. The van der Waals surface area contributed by atoms with Crippen LogP contribution in [0.4, 0.5) is 0 Å². The predicted molar refractivity (Wildman–Crippen MR) is 83.0 cm³/mol. The van der Waals surface area contributed by atoms with Crippen molar-refractivity contribution in [2.24, 2.45) is 0 Å². The van der Waals surface area contributed by atoms with Crippen molar-refractivity contribution in [1.82, 2.24) is 5.32 Å². The van der Waals surface area contributed by atoms with Crippen LogP contribution in [0.1, 0.15) is 47.8 Å². The maximum Gasteiger partial charge on any atom is 0.261 e. The van der Waals surface area contributed by atoms with E-state index in [-0.39, 0.29) is 5.91 Å². The van der Waals surface area contributed by atoms with Gasteiger partial charge in [0.25, 0.3) is 5.91 Å². The molecule has 0 saturated heterocycles. The number of unbranched alkanes of at least 4 members (excludes halogenated alkanes) is 3. The summed E-state index contributed by atoms with van der Waals surface area (Å²) in [5.74, 6) is 0.0789. The van der Waals surface area contributed by atoms with Gasteiger partial charge in [-0.15, -0.1) is 11.3 Å². The number of hydrogen-bond acceptors (Lipinski definition) is 2. The second-order valence-corrected chi connectivity index (χ2v) is 5.92. The molecule has 19 heavy (non-hydrogen) atoms. The molecule has 0 aliphatic rings. The fourth-order valence-electron chi connectivity index (χ4n) is 2.22. The van der Waals surface area contributed by atoms with Crippen LogP contribution in [0.15, 0.2) is 24.3 Å². The monoisotopic (exact) mass is 275 g/mol. The van der Waals surface area contributed by atoms with Crippen molar-refractivity contribution in [3.8, 4) is 0 Å². The van der Waals surface area contributed by atoms with Crippen LogP contribution in [0.5, 0.6) is 0 Å². The third kappa shape index (κ3) is 3.35. The Bertz CT molecular complexity index is 559. The predicted octanol–water partition coefficient (Wildman–Crippen LogP) is 4.52. The zero-order chi connectivity index (χ0) is 13.7. The van der Waals surface area contributed by atoms with Crippen LogP contribution in [0.3, 0.4) is 0 Å². The van der Waals surface area contributed by atoms with Gasteiger partial charge in [0.2, 0.25) is 0 Å². The molecule has 2 nitrogen and oxygen atoms in total. The molecule has 0 aliphatic heterocycles. The molecule has 3 heteroatoms. The van der Waals surface area contributed by atoms with Crippen LogP contribution in [0, 0.1) is 6.92 Å². The molecule has 2 rings (SSSR count). The van der Waals surface area contributed by atoms with Crippen LogP contribution in [-0.4, -0.2) is 12.5 Å². The van der Waals surface area contributed by atoms with Crippen molar-refractivity contribution in [2.75, 3.05) is 6.54 Å². The molecular formula is C16H21NOS. The lowest BCUT2D eigenvalue weighted by molar-refractivity contribution is 0.0956. The zero-order valence-corrected chi connectivity index (χ0v) is 12.5. The SMILES string of the molecule is CCCCCCNC(=O)c1sc2ccccc2c1C. The lowest BCUT2D eigenvalue weighted by atomic mass is 10.1. The number of nitrogens with one attached hydrogen (secondary N) is 1. The lowest BCUT2D eigenvalue weighted by Gasteiger charge is -2.04. The van der Waals surface area contributed by atoms with Gasteiger partial charge >= 0.3 is 0 Å². The van der Waals surface area contributed by atoms with E-state index < -0.39 is 0 Å². The second kappa shape index (κ2) is 6.71. The molecule has 1 N–H and O–H groups in total. The highest BCUT2D eigenvalue weighted by molar-refractivity contribution is 7.21. The molecule has 1 amide bonds. The summed E-state index contributed by atoms with van der Waals surface area (Å²) >= 11 is 1.59. The Morgan fingerprint density at radius 2 is 2.00 bits per heavy atom. The first-order chi connectivity index (χ1) is 9.24. The molecule has 0 bridgehead atoms. The highest BCUT2D eigenvalue weighted by Crippen LogP contribution is 2.30. The van der Waals surface area contributed by atoms with Gasteiger partial charge in [0.05, 0.1) is 4.88 Å². The number of carbonyl (C=O) groups excluding carboxylic acids is 1. The first-order valence-electron chi connectivity index (χ1n) is 7.00. The lowest BCUT2D eigenvalue weighted by Crippen LogP contribution is -2.24. The molecule has 0 fully saturated rings. The molecule has 0 atom stereocenters. The molecule has 0 unspecified atom stereocenters. The molecule has 2 aromatic rings. The van der Waals surface area contributed by atoms with E-state index in [0.29, 0.717) is 0 Å².